The molecule has 1 N–H and O–H groups in total. The van der Waals surface area contributed by atoms with Crippen molar-refractivity contribution >= 4 is 11.3 Å². The van der Waals surface area contributed by atoms with Crippen LogP contribution in [0.15, 0.2) is 23.6 Å². The van der Waals surface area contributed by atoms with Gasteiger partial charge in [0, 0.05) is 17.6 Å². The predicted octanol–water partition coefficient (Wildman–Crippen LogP) is 3.01. The molecular weight excluding hydrogens is 230 g/mol. The predicted molar refractivity (Wildman–Crippen MR) is 72.1 cm³/mol. The molecule has 0 amide bonds. The molecule has 0 bridgehead atoms. The van der Waals surface area contributed by atoms with Gasteiger partial charge in [0.05, 0.1) is 11.4 Å². The molecule has 0 atom stereocenters. The van der Waals surface area contributed by atoms with Crippen LogP contribution < -0.4 is 5.32 Å². The first-order chi connectivity index (χ1) is 8.29. The van der Waals surface area contributed by atoms with E-state index >= 15 is 0 Å². The zero-order chi connectivity index (χ0) is 12.1. The molecular formula is C13H17N3S. The molecule has 4 heteroatoms. The van der Waals surface area contributed by atoms with Gasteiger partial charge in [0.1, 0.15) is 5.01 Å². The monoisotopic (exact) mass is 247 g/mol. The number of hydrogen-bond acceptors (Lipinski definition) is 4. The van der Waals surface area contributed by atoms with E-state index in [2.05, 4.69) is 27.6 Å². The maximum absolute atomic E-state index is 4.59. The molecule has 0 fully saturated rings. The molecule has 0 aliphatic carbocycles. The summed E-state index contributed by atoms with van der Waals surface area (Å²) in [6.45, 7) is 6.04. The van der Waals surface area contributed by atoms with Crippen molar-refractivity contribution in [3.8, 4) is 10.7 Å². The average Bonchev–Trinajstić information content (AvgIpc) is 2.78. The number of hydrogen-bond donors (Lipinski definition) is 1. The molecule has 0 radical (unpaired) electrons. The zero-order valence-corrected chi connectivity index (χ0v) is 11.0. The Balaban J connectivity index is 2.07. The van der Waals surface area contributed by atoms with E-state index in [-0.39, 0.29) is 0 Å². The molecule has 2 aromatic heterocycles. The molecule has 3 nitrogen and oxygen atoms in total. The third-order valence-electron chi connectivity index (χ3n) is 2.39. The number of rotatable bonds is 5. The maximum atomic E-state index is 4.59. The SMILES string of the molecule is CCCNCc1csc(-c2cccc(C)n2)n1. The van der Waals surface area contributed by atoms with Crippen LogP contribution in [0.25, 0.3) is 10.7 Å². The summed E-state index contributed by atoms with van der Waals surface area (Å²) < 4.78 is 0. The first kappa shape index (κ1) is 12.2. The van der Waals surface area contributed by atoms with Crippen LogP contribution in [0.5, 0.6) is 0 Å². The zero-order valence-electron chi connectivity index (χ0n) is 10.2. The Hall–Kier alpha value is -1.26. The van der Waals surface area contributed by atoms with Gasteiger partial charge in [-0.05, 0) is 32.0 Å². The Morgan fingerprint density at radius 1 is 1.29 bits per heavy atom. The number of aromatic nitrogens is 2. The molecule has 0 aromatic carbocycles. The average molecular weight is 247 g/mol. The van der Waals surface area contributed by atoms with Crippen molar-refractivity contribution in [3.05, 3.63) is 35.0 Å². The summed E-state index contributed by atoms with van der Waals surface area (Å²) in [4.78, 5) is 9.07. The summed E-state index contributed by atoms with van der Waals surface area (Å²) in [5.41, 5.74) is 3.10. The summed E-state index contributed by atoms with van der Waals surface area (Å²) in [5, 5.41) is 6.45. The van der Waals surface area contributed by atoms with E-state index in [0.29, 0.717) is 0 Å². The highest BCUT2D eigenvalue weighted by Gasteiger charge is 2.05. The van der Waals surface area contributed by atoms with Crippen LogP contribution >= 0.6 is 11.3 Å². The van der Waals surface area contributed by atoms with Crippen molar-refractivity contribution < 1.29 is 0 Å². The van der Waals surface area contributed by atoms with E-state index in [0.717, 1.165) is 41.6 Å². The quantitative estimate of drug-likeness (QED) is 0.825. The fourth-order valence-electron chi connectivity index (χ4n) is 1.56. The Kier molecular flexibility index (Phi) is 4.23. The molecule has 2 rings (SSSR count). The molecule has 0 saturated carbocycles. The minimum atomic E-state index is 0.843. The minimum absolute atomic E-state index is 0.843. The van der Waals surface area contributed by atoms with Gasteiger partial charge in [-0.25, -0.2) is 4.98 Å². The van der Waals surface area contributed by atoms with Crippen molar-refractivity contribution in [3.63, 3.8) is 0 Å². The second-order valence-corrected chi connectivity index (χ2v) is 4.84. The van der Waals surface area contributed by atoms with Gasteiger partial charge < -0.3 is 5.32 Å². The molecule has 2 heterocycles. The molecule has 0 saturated heterocycles. The smallest absolute Gasteiger partial charge is 0.142 e. The van der Waals surface area contributed by atoms with Crippen molar-refractivity contribution in [1.29, 1.82) is 0 Å². The largest absolute Gasteiger partial charge is 0.311 e. The van der Waals surface area contributed by atoms with Crippen LogP contribution in [0.2, 0.25) is 0 Å². The third kappa shape index (κ3) is 3.35. The van der Waals surface area contributed by atoms with Gasteiger partial charge in [-0.3, -0.25) is 4.98 Å². The van der Waals surface area contributed by atoms with Gasteiger partial charge in [0.25, 0.3) is 0 Å². The minimum Gasteiger partial charge on any atom is -0.311 e. The highest BCUT2D eigenvalue weighted by molar-refractivity contribution is 7.13. The fourth-order valence-corrected chi connectivity index (χ4v) is 2.35. The molecule has 2 aromatic rings. The van der Waals surface area contributed by atoms with E-state index in [1.165, 1.54) is 0 Å². The van der Waals surface area contributed by atoms with E-state index in [1.54, 1.807) is 11.3 Å². The van der Waals surface area contributed by atoms with Crippen LogP contribution in [-0.4, -0.2) is 16.5 Å². The standard InChI is InChI=1S/C13H17N3S/c1-3-7-14-8-11-9-17-13(16-11)12-6-4-5-10(2)15-12/h4-6,9,14H,3,7-8H2,1-2H3. The van der Waals surface area contributed by atoms with Gasteiger partial charge in [0.15, 0.2) is 0 Å². The number of pyridine rings is 1. The lowest BCUT2D eigenvalue weighted by molar-refractivity contribution is 0.667. The van der Waals surface area contributed by atoms with E-state index in [1.807, 2.05) is 25.1 Å². The summed E-state index contributed by atoms with van der Waals surface area (Å²) in [5.74, 6) is 0. The number of thiazole rings is 1. The molecule has 90 valence electrons. The third-order valence-corrected chi connectivity index (χ3v) is 3.31. The van der Waals surface area contributed by atoms with Gasteiger partial charge in [-0.15, -0.1) is 11.3 Å². The summed E-state index contributed by atoms with van der Waals surface area (Å²) in [6, 6.07) is 6.03. The number of nitrogens with one attached hydrogen (secondary N) is 1. The highest BCUT2D eigenvalue weighted by Crippen LogP contribution is 2.21. The Morgan fingerprint density at radius 2 is 2.18 bits per heavy atom. The van der Waals surface area contributed by atoms with Crippen molar-refractivity contribution in [2.75, 3.05) is 6.54 Å². The van der Waals surface area contributed by atoms with Gasteiger partial charge in [-0.1, -0.05) is 13.0 Å². The molecule has 0 aliphatic rings. The van der Waals surface area contributed by atoms with Gasteiger partial charge in [0.2, 0.25) is 0 Å². The van der Waals surface area contributed by atoms with Crippen molar-refractivity contribution in [2.45, 2.75) is 26.8 Å². The fraction of sp³-hybridized carbons (Fsp3) is 0.385. The van der Waals surface area contributed by atoms with Crippen LogP contribution in [0.1, 0.15) is 24.7 Å². The molecule has 0 spiro atoms. The second kappa shape index (κ2) is 5.89. The second-order valence-electron chi connectivity index (χ2n) is 3.98. The molecule has 0 aliphatic heterocycles. The van der Waals surface area contributed by atoms with Crippen molar-refractivity contribution in [1.82, 2.24) is 15.3 Å². The van der Waals surface area contributed by atoms with Crippen LogP contribution in [0, 0.1) is 6.92 Å². The number of nitrogens with zero attached hydrogens (tertiary/aromatic N) is 2. The highest BCUT2D eigenvalue weighted by atomic mass is 32.1. The van der Waals surface area contributed by atoms with Crippen LogP contribution in [0.3, 0.4) is 0 Å². The normalized spacial score (nSPS) is 10.7. The lowest BCUT2D eigenvalue weighted by Crippen LogP contribution is -2.13. The van der Waals surface area contributed by atoms with Crippen molar-refractivity contribution in [2.24, 2.45) is 0 Å². The van der Waals surface area contributed by atoms with E-state index in [4.69, 9.17) is 0 Å². The van der Waals surface area contributed by atoms with E-state index in [9.17, 15) is 0 Å². The topological polar surface area (TPSA) is 37.8 Å². The van der Waals surface area contributed by atoms with Gasteiger partial charge in [-0.2, -0.15) is 0 Å². The van der Waals surface area contributed by atoms with Gasteiger partial charge >= 0.3 is 0 Å². The summed E-state index contributed by atoms with van der Waals surface area (Å²) in [6.07, 6.45) is 1.15. The summed E-state index contributed by atoms with van der Waals surface area (Å²) in [7, 11) is 0. The maximum Gasteiger partial charge on any atom is 0.142 e. The lowest BCUT2D eigenvalue weighted by atomic mass is 10.3. The van der Waals surface area contributed by atoms with Crippen LogP contribution in [0.4, 0.5) is 0 Å². The Bertz CT molecular complexity index is 479. The molecule has 0 unspecified atom stereocenters. The van der Waals surface area contributed by atoms with E-state index < -0.39 is 0 Å². The Labute approximate surface area is 106 Å². The first-order valence-electron chi connectivity index (χ1n) is 5.88. The summed E-state index contributed by atoms with van der Waals surface area (Å²) >= 11 is 1.66. The Morgan fingerprint density at radius 3 is 2.94 bits per heavy atom. The lowest BCUT2D eigenvalue weighted by Gasteiger charge is -1.99. The van der Waals surface area contributed by atoms with Crippen LogP contribution in [-0.2, 0) is 6.54 Å². The first-order valence-corrected chi connectivity index (χ1v) is 6.76. The number of aryl methyl sites for hydroxylation is 1. The molecule has 17 heavy (non-hydrogen) atoms.